The lowest BCUT2D eigenvalue weighted by Crippen LogP contribution is -2.45. The molecule has 0 radical (unpaired) electrons. The third-order valence-corrected chi connectivity index (χ3v) is 6.99. The summed E-state index contributed by atoms with van der Waals surface area (Å²) < 4.78 is 0. The number of carbonyl (C=O) groups is 2. The highest BCUT2D eigenvalue weighted by molar-refractivity contribution is 7.12. The van der Waals surface area contributed by atoms with Crippen LogP contribution in [0.5, 0.6) is 0 Å². The van der Waals surface area contributed by atoms with Crippen molar-refractivity contribution in [1.29, 1.82) is 0 Å². The molecule has 1 aliphatic carbocycles. The summed E-state index contributed by atoms with van der Waals surface area (Å²) in [6, 6.07) is 11.9. The van der Waals surface area contributed by atoms with Crippen LogP contribution in [0.1, 0.15) is 59.6 Å². The Balaban J connectivity index is 1.57. The van der Waals surface area contributed by atoms with Crippen molar-refractivity contribution in [3.63, 3.8) is 0 Å². The molecular formula is C22H28N2O3S. The predicted molar refractivity (Wildman–Crippen MR) is 111 cm³/mol. The molecule has 1 unspecified atom stereocenters. The van der Waals surface area contributed by atoms with E-state index in [1.807, 2.05) is 37.3 Å². The second kappa shape index (κ2) is 8.88. The number of hydrogen-bond acceptors (Lipinski definition) is 4. The van der Waals surface area contributed by atoms with E-state index in [0.29, 0.717) is 13.1 Å². The van der Waals surface area contributed by atoms with E-state index in [1.54, 1.807) is 18.3 Å². The van der Waals surface area contributed by atoms with Gasteiger partial charge in [-0.05, 0) is 44.4 Å². The molecule has 1 fully saturated rings. The highest BCUT2D eigenvalue weighted by Gasteiger charge is 2.37. The van der Waals surface area contributed by atoms with E-state index < -0.39 is 17.9 Å². The van der Waals surface area contributed by atoms with Crippen molar-refractivity contribution in [2.45, 2.75) is 57.6 Å². The highest BCUT2D eigenvalue weighted by atomic mass is 32.1. The third-order valence-electron chi connectivity index (χ3n) is 5.49. The van der Waals surface area contributed by atoms with Gasteiger partial charge in [0.15, 0.2) is 0 Å². The minimum absolute atomic E-state index is 0.134. The third kappa shape index (κ3) is 4.80. The lowest BCUT2D eigenvalue weighted by atomic mass is 9.84. The Bertz CT molecular complexity index is 821. The molecule has 3 rings (SSSR count). The van der Waals surface area contributed by atoms with Gasteiger partial charge in [0.05, 0.1) is 6.10 Å². The highest BCUT2D eigenvalue weighted by Crippen LogP contribution is 2.44. The summed E-state index contributed by atoms with van der Waals surface area (Å²) in [4.78, 5) is 26.6. The second-order valence-corrected chi connectivity index (χ2v) is 8.83. The molecule has 3 N–H and O–H groups in total. The Hall–Kier alpha value is -2.18. The van der Waals surface area contributed by atoms with Crippen molar-refractivity contribution in [2.75, 3.05) is 6.54 Å². The zero-order valence-corrected chi connectivity index (χ0v) is 17.3. The molecule has 0 saturated heterocycles. The topological polar surface area (TPSA) is 78.4 Å². The first-order valence-corrected chi connectivity index (χ1v) is 10.6. The Kier molecular flexibility index (Phi) is 6.52. The molecule has 2 amide bonds. The molecule has 1 atom stereocenters. The summed E-state index contributed by atoms with van der Waals surface area (Å²) >= 11 is 1.60. The van der Waals surface area contributed by atoms with E-state index in [4.69, 9.17) is 0 Å². The Morgan fingerprint density at radius 2 is 1.71 bits per heavy atom. The van der Waals surface area contributed by atoms with E-state index in [-0.39, 0.29) is 5.41 Å². The van der Waals surface area contributed by atoms with Gasteiger partial charge in [0.25, 0.3) is 0 Å². The quantitative estimate of drug-likeness (QED) is 0.651. The predicted octanol–water partition coefficient (Wildman–Crippen LogP) is 3.35. The van der Waals surface area contributed by atoms with Gasteiger partial charge in [-0.3, -0.25) is 9.59 Å². The first-order valence-electron chi connectivity index (χ1n) is 9.79. The molecule has 1 heterocycles. The van der Waals surface area contributed by atoms with E-state index >= 15 is 0 Å². The summed E-state index contributed by atoms with van der Waals surface area (Å²) in [6.07, 6.45) is 3.70. The van der Waals surface area contributed by atoms with E-state index in [9.17, 15) is 14.7 Å². The van der Waals surface area contributed by atoms with Crippen LogP contribution in [-0.2, 0) is 21.5 Å². The van der Waals surface area contributed by atoms with Gasteiger partial charge in [0.1, 0.15) is 0 Å². The zero-order chi connectivity index (χ0) is 20.1. The minimum Gasteiger partial charge on any atom is -0.388 e. The molecule has 1 aromatic heterocycles. The van der Waals surface area contributed by atoms with Gasteiger partial charge in [-0.1, -0.05) is 42.7 Å². The molecule has 0 bridgehead atoms. The number of rotatable bonds is 6. The number of nitrogens with one attached hydrogen (secondary N) is 2. The molecule has 0 aliphatic heterocycles. The van der Waals surface area contributed by atoms with Crippen LogP contribution in [-0.4, -0.2) is 23.5 Å². The molecular weight excluding hydrogens is 372 g/mol. The molecule has 28 heavy (non-hydrogen) atoms. The maximum absolute atomic E-state index is 12.3. The molecule has 2 aromatic rings. The van der Waals surface area contributed by atoms with Crippen molar-refractivity contribution in [3.8, 4) is 0 Å². The number of amides is 2. The largest absolute Gasteiger partial charge is 0.388 e. The van der Waals surface area contributed by atoms with Gasteiger partial charge >= 0.3 is 11.8 Å². The van der Waals surface area contributed by atoms with Crippen LogP contribution in [0.15, 0.2) is 36.4 Å². The monoisotopic (exact) mass is 400 g/mol. The maximum atomic E-state index is 12.3. The zero-order valence-electron chi connectivity index (χ0n) is 16.5. The van der Waals surface area contributed by atoms with Crippen LogP contribution >= 0.6 is 11.3 Å². The van der Waals surface area contributed by atoms with E-state index in [1.165, 1.54) is 4.88 Å². The Morgan fingerprint density at radius 3 is 2.32 bits per heavy atom. The number of aryl methyl sites for hydroxylation is 1. The molecule has 0 spiro atoms. The van der Waals surface area contributed by atoms with Crippen LogP contribution in [0.3, 0.4) is 0 Å². The first-order chi connectivity index (χ1) is 13.4. The summed E-state index contributed by atoms with van der Waals surface area (Å²) in [5, 5.41) is 15.3. The van der Waals surface area contributed by atoms with E-state index in [2.05, 4.69) is 16.7 Å². The lowest BCUT2D eigenvalue weighted by molar-refractivity contribution is -0.139. The standard InChI is InChI=1S/C22H28N2O3S/c1-15-5-7-17(8-6-15)13-23-20(26)21(27)24-14-22(11-3-4-12-22)19-10-9-18(28-19)16(2)25/h5-10,16,25H,3-4,11-14H2,1-2H3,(H,23,26)(H,24,27). The number of benzene rings is 1. The molecule has 1 aliphatic rings. The molecule has 5 nitrogen and oxygen atoms in total. The van der Waals surface area contributed by atoms with Crippen molar-refractivity contribution >= 4 is 23.2 Å². The van der Waals surface area contributed by atoms with Crippen LogP contribution in [0.25, 0.3) is 0 Å². The van der Waals surface area contributed by atoms with E-state index in [0.717, 1.165) is 41.7 Å². The first kappa shape index (κ1) is 20.6. The summed E-state index contributed by atoms with van der Waals surface area (Å²) in [6.45, 7) is 4.55. The maximum Gasteiger partial charge on any atom is 0.309 e. The van der Waals surface area contributed by atoms with Crippen LogP contribution in [0.2, 0.25) is 0 Å². The van der Waals surface area contributed by atoms with Crippen LogP contribution in [0, 0.1) is 6.92 Å². The second-order valence-electron chi connectivity index (χ2n) is 7.72. The molecule has 150 valence electrons. The Morgan fingerprint density at radius 1 is 1.07 bits per heavy atom. The van der Waals surface area contributed by atoms with Crippen molar-refractivity contribution < 1.29 is 14.7 Å². The fourth-order valence-electron chi connectivity index (χ4n) is 3.72. The minimum atomic E-state index is -0.607. The smallest absolute Gasteiger partial charge is 0.309 e. The molecule has 1 saturated carbocycles. The van der Waals surface area contributed by atoms with Crippen molar-refractivity contribution in [1.82, 2.24) is 10.6 Å². The number of thiophene rings is 1. The SMILES string of the molecule is Cc1ccc(CNC(=O)C(=O)NCC2(c3ccc(C(C)O)s3)CCCC2)cc1. The average Bonchev–Trinajstić information content (AvgIpc) is 3.35. The summed E-state index contributed by atoms with van der Waals surface area (Å²) in [7, 11) is 0. The number of aliphatic hydroxyl groups excluding tert-OH is 1. The van der Waals surface area contributed by atoms with Crippen molar-refractivity contribution in [3.05, 3.63) is 57.3 Å². The number of aliphatic hydroxyl groups is 1. The van der Waals surface area contributed by atoms with Gasteiger partial charge in [0.2, 0.25) is 0 Å². The van der Waals surface area contributed by atoms with Gasteiger partial charge in [-0.25, -0.2) is 0 Å². The fourth-order valence-corrected chi connectivity index (χ4v) is 4.91. The Labute approximate surface area is 170 Å². The fraction of sp³-hybridized carbons (Fsp3) is 0.455. The van der Waals surface area contributed by atoms with Crippen LogP contribution < -0.4 is 10.6 Å². The van der Waals surface area contributed by atoms with Crippen molar-refractivity contribution in [2.24, 2.45) is 0 Å². The average molecular weight is 401 g/mol. The molecule has 1 aromatic carbocycles. The van der Waals surface area contributed by atoms with Gasteiger partial charge in [0, 0.05) is 28.3 Å². The summed E-state index contributed by atoms with van der Waals surface area (Å²) in [5.41, 5.74) is 1.98. The van der Waals surface area contributed by atoms with Gasteiger partial charge in [-0.2, -0.15) is 0 Å². The number of hydrogen-bond donors (Lipinski definition) is 3. The van der Waals surface area contributed by atoms with Crippen LogP contribution in [0.4, 0.5) is 0 Å². The lowest BCUT2D eigenvalue weighted by Gasteiger charge is -2.28. The normalized spacial score (nSPS) is 16.5. The van der Waals surface area contributed by atoms with Gasteiger partial charge in [-0.15, -0.1) is 11.3 Å². The molecule has 6 heteroatoms. The summed E-state index contributed by atoms with van der Waals surface area (Å²) in [5.74, 6) is -1.20. The number of carbonyl (C=O) groups excluding carboxylic acids is 2. The van der Waals surface area contributed by atoms with Gasteiger partial charge < -0.3 is 15.7 Å².